The SMILES string of the molecule is Cc1ccc(F)cc1CC(O)c1ccc(Br)o1. The minimum absolute atomic E-state index is 0.293. The molecular weight excluding hydrogens is 287 g/mol. The standard InChI is InChI=1S/C13H12BrFO2/c1-8-2-3-10(15)6-9(8)7-11(16)12-4-5-13(14)17-12/h2-6,11,16H,7H2,1H3. The molecule has 1 heterocycles. The summed E-state index contributed by atoms with van der Waals surface area (Å²) < 4.78 is 18.9. The van der Waals surface area contributed by atoms with Gasteiger partial charge in [0.15, 0.2) is 4.67 Å². The molecule has 1 aromatic carbocycles. The fourth-order valence-corrected chi connectivity index (χ4v) is 2.00. The minimum Gasteiger partial charge on any atom is -0.452 e. The summed E-state index contributed by atoms with van der Waals surface area (Å²) in [7, 11) is 0. The van der Waals surface area contributed by atoms with Crippen molar-refractivity contribution in [2.75, 3.05) is 0 Å². The second kappa shape index (κ2) is 5.02. The highest BCUT2D eigenvalue weighted by Crippen LogP contribution is 2.24. The average Bonchev–Trinajstić information content (AvgIpc) is 2.70. The first kappa shape index (κ1) is 12.3. The number of halogens is 2. The lowest BCUT2D eigenvalue weighted by molar-refractivity contribution is 0.148. The van der Waals surface area contributed by atoms with Crippen LogP contribution in [-0.4, -0.2) is 5.11 Å². The molecule has 0 spiro atoms. The predicted octanol–water partition coefficient (Wildman–Crippen LogP) is 3.77. The Kier molecular flexibility index (Phi) is 3.64. The Morgan fingerprint density at radius 1 is 1.35 bits per heavy atom. The largest absolute Gasteiger partial charge is 0.452 e. The summed E-state index contributed by atoms with van der Waals surface area (Å²) >= 11 is 3.17. The van der Waals surface area contributed by atoms with Crippen molar-refractivity contribution in [2.45, 2.75) is 19.4 Å². The molecule has 90 valence electrons. The van der Waals surface area contributed by atoms with E-state index in [1.54, 1.807) is 18.2 Å². The van der Waals surface area contributed by atoms with Gasteiger partial charge < -0.3 is 9.52 Å². The molecule has 2 nitrogen and oxygen atoms in total. The first-order valence-electron chi connectivity index (χ1n) is 5.24. The van der Waals surface area contributed by atoms with E-state index in [0.717, 1.165) is 11.1 Å². The molecule has 0 aliphatic carbocycles. The second-order valence-corrected chi connectivity index (χ2v) is 4.71. The van der Waals surface area contributed by atoms with Gasteiger partial charge in [0.1, 0.15) is 17.7 Å². The summed E-state index contributed by atoms with van der Waals surface area (Å²) in [6, 6.07) is 7.97. The number of aryl methyl sites for hydroxylation is 1. The molecular formula is C13H12BrFO2. The monoisotopic (exact) mass is 298 g/mol. The first-order valence-corrected chi connectivity index (χ1v) is 6.04. The average molecular weight is 299 g/mol. The zero-order chi connectivity index (χ0) is 12.4. The zero-order valence-corrected chi connectivity index (χ0v) is 10.9. The van der Waals surface area contributed by atoms with Crippen molar-refractivity contribution >= 4 is 15.9 Å². The zero-order valence-electron chi connectivity index (χ0n) is 9.28. The molecule has 4 heteroatoms. The van der Waals surface area contributed by atoms with E-state index in [0.29, 0.717) is 16.9 Å². The van der Waals surface area contributed by atoms with Gasteiger partial charge in [0.05, 0.1) is 0 Å². The van der Waals surface area contributed by atoms with Crippen molar-refractivity contribution in [3.8, 4) is 0 Å². The predicted molar refractivity (Wildman–Crippen MR) is 66.2 cm³/mol. The highest BCUT2D eigenvalue weighted by molar-refractivity contribution is 9.10. The third-order valence-electron chi connectivity index (χ3n) is 2.65. The summed E-state index contributed by atoms with van der Waals surface area (Å²) in [5.41, 5.74) is 1.74. The first-order chi connectivity index (χ1) is 8.06. The Morgan fingerprint density at radius 2 is 2.12 bits per heavy atom. The molecule has 0 saturated heterocycles. The fourth-order valence-electron chi connectivity index (χ4n) is 1.68. The number of benzene rings is 1. The molecule has 1 aromatic heterocycles. The topological polar surface area (TPSA) is 33.4 Å². The van der Waals surface area contributed by atoms with E-state index < -0.39 is 6.10 Å². The number of furan rings is 1. The Bertz CT molecular complexity index is 522. The van der Waals surface area contributed by atoms with Gasteiger partial charge >= 0.3 is 0 Å². The quantitative estimate of drug-likeness (QED) is 0.936. The van der Waals surface area contributed by atoms with Crippen LogP contribution in [0.4, 0.5) is 4.39 Å². The van der Waals surface area contributed by atoms with Gasteiger partial charge in [0.25, 0.3) is 0 Å². The fraction of sp³-hybridized carbons (Fsp3) is 0.231. The van der Waals surface area contributed by atoms with Crippen molar-refractivity contribution in [1.29, 1.82) is 0 Å². The Hall–Kier alpha value is -1.13. The van der Waals surface area contributed by atoms with E-state index in [2.05, 4.69) is 15.9 Å². The molecule has 0 radical (unpaired) electrons. The Balaban J connectivity index is 2.18. The third-order valence-corrected chi connectivity index (χ3v) is 3.07. The lowest BCUT2D eigenvalue weighted by Gasteiger charge is -2.10. The van der Waals surface area contributed by atoms with Crippen molar-refractivity contribution in [3.63, 3.8) is 0 Å². The van der Waals surface area contributed by atoms with Gasteiger partial charge in [-0.15, -0.1) is 0 Å². The van der Waals surface area contributed by atoms with E-state index in [1.807, 2.05) is 6.92 Å². The van der Waals surface area contributed by atoms with E-state index >= 15 is 0 Å². The molecule has 2 rings (SSSR count). The van der Waals surface area contributed by atoms with Crippen LogP contribution >= 0.6 is 15.9 Å². The maximum Gasteiger partial charge on any atom is 0.169 e. The van der Waals surface area contributed by atoms with E-state index in [4.69, 9.17) is 4.42 Å². The van der Waals surface area contributed by atoms with Crippen molar-refractivity contribution in [3.05, 3.63) is 57.7 Å². The molecule has 0 fully saturated rings. The molecule has 0 bridgehead atoms. The summed E-state index contributed by atoms with van der Waals surface area (Å²) in [4.78, 5) is 0. The van der Waals surface area contributed by atoms with Gasteiger partial charge in [-0.1, -0.05) is 6.07 Å². The van der Waals surface area contributed by atoms with Crippen LogP contribution in [0.5, 0.6) is 0 Å². The molecule has 0 aliphatic rings. The number of hydrogen-bond acceptors (Lipinski definition) is 2. The molecule has 0 amide bonds. The number of rotatable bonds is 3. The van der Waals surface area contributed by atoms with Crippen molar-refractivity contribution in [2.24, 2.45) is 0 Å². The van der Waals surface area contributed by atoms with Gasteiger partial charge in [-0.25, -0.2) is 4.39 Å². The normalized spacial score (nSPS) is 12.7. The highest BCUT2D eigenvalue weighted by atomic mass is 79.9. The molecule has 1 unspecified atom stereocenters. The molecule has 2 aromatic rings. The molecule has 0 aliphatic heterocycles. The van der Waals surface area contributed by atoms with E-state index in [1.165, 1.54) is 12.1 Å². The number of aliphatic hydroxyl groups excluding tert-OH is 1. The molecule has 1 N–H and O–H groups in total. The lowest BCUT2D eigenvalue weighted by atomic mass is 10.0. The maximum atomic E-state index is 13.1. The molecule has 1 atom stereocenters. The highest BCUT2D eigenvalue weighted by Gasteiger charge is 2.14. The summed E-state index contributed by atoms with van der Waals surface area (Å²) in [6.45, 7) is 1.89. The number of aliphatic hydroxyl groups is 1. The van der Waals surface area contributed by atoms with Crippen LogP contribution in [0.3, 0.4) is 0 Å². The van der Waals surface area contributed by atoms with Gasteiger partial charge in [-0.05, 0) is 58.2 Å². The van der Waals surface area contributed by atoms with Crippen molar-refractivity contribution in [1.82, 2.24) is 0 Å². The van der Waals surface area contributed by atoms with Crippen LogP contribution in [0.2, 0.25) is 0 Å². The molecule has 17 heavy (non-hydrogen) atoms. The summed E-state index contributed by atoms with van der Waals surface area (Å²) in [6.07, 6.45) is -0.425. The van der Waals surface area contributed by atoms with Crippen LogP contribution in [-0.2, 0) is 6.42 Å². The third kappa shape index (κ3) is 2.96. The van der Waals surface area contributed by atoms with Crippen LogP contribution in [0.25, 0.3) is 0 Å². The minimum atomic E-state index is -0.762. The van der Waals surface area contributed by atoms with Gasteiger partial charge in [-0.3, -0.25) is 0 Å². The second-order valence-electron chi connectivity index (χ2n) is 3.93. The van der Waals surface area contributed by atoms with Gasteiger partial charge in [-0.2, -0.15) is 0 Å². The van der Waals surface area contributed by atoms with Crippen molar-refractivity contribution < 1.29 is 13.9 Å². The summed E-state index contributed by atoms with van der Waals surface area (Å²) in [5, 5.41) is 9.97. The lowest BCUT2D eigenvalue weighted by Crippen LogP contribution is -2.02. The van der Waals surface area contributed by atoms with E-state index in [9.17, 15) is 9.50 Å². The van der Waals surface area contributed by atoms with Crippen LogP contribution < -0.4 is 0 Å². The smallest absolute Gasteiger partial charge is 0.169 e. The summed E-state index contributed by atoms with van der Waals surface area (Å²) in [5.74, 6) is 0.180. The molecule has 0 saturated carbocycles. The Morgan fingerprint density at radius 3 is 2.76 bits per heavy atom. The van der Waals surface area contributed by atoms with Gasteiger partial charge in [0.2, 0.25) is 0 Å². The maximum absolute atomic E-state index is 13.1. The number of hydrogen-bond donors (Lipinski definition) is 1. The van der Waals surface area contributed by atoms with Gasteiger partial charge in [0, 0.05) is 6.42 Å². The Labute approximate surface area is 107 Å². The van der Waals surface area contributed by atoms with Crippen LogP contribution in [0.1, 0.15) is 23.0 Å². The van der Waals surface area contributed by atoms with Crippen LogP contribution in [0, 0.1) is 12.7 Å². The van der Waals surface area contributed by atoms with Crippen LogP contribution in [0.15, 0.2) is 39.4 Å². The van der Waals surface area contributed by atoms with E-state index in [-0.39, 0.29) is 5.82 Å².